The van der Waals surface area contributed by atoms with Gasteiger partial charge in [-0.1, -0.05) is 0 Å². The van der Waals surface area contributed by atoms with E-state index in [0.29, 0.717) is 5.91 Å². The van der Waals surface area contributed by atoms with E-state index in [1.54, 1.807) is 0 Å². The Morgan fingerprint density at radius 2 is 1.80 bits per heavy atom. The van der Waals surface area contributed by atoms with Crippen molar-refractivity contribution in [2.24, 2.45) is 0 Å². The molecule has 56 valence electrons. The van der Waals surface area contributed by atoms with Crippen molar-refractivity contribution in [3.8, 4) is 0 Å². The average molecular weight is 140 g/mol. The number of amides is 1. The molecule has 2 aliphatic heterocycles. The Morgan fingerprint density at radius 1 is 1.10 bits per heavy atom. The molecule has 0 spiro atoms. The minimum atomic E-state index is 0.307. The SMILES string of the molecule is O=C1CCN1N1CCCC1. The van der Waals surface area contributed by atoms with Gasteiger partial charge in [0.1, 0.15) is 0 Å². The minimum Gasteiger partial charge on any atom is -0.275 e. The fraction of sp³-hybridized carbons (Fsp3) is 0.857. The molecule has 10 heavy (non-hydrogen) atoms. The van der Waals surface area contributed by atoms with E-state index < -0.39 is 0 Å². The molecule has 3 nitrogen and oxygen atoms in total. The molecule has 0 saturated carbocycles. The third-order valence-corrected chi connectivity index (χ3v) is 2.25. The van der Waals surface area contributed by atoms with E-state index in [9.17, 15) is 4.79 Å². The first kappa shape index (κ1) is 6.16. The van der Waals surface area contributed by atoms with Crippen molar-refractivity contribution in [3.63, 3.8) is 0 Å². The molecule has 0 N–H and O–H groups in total. The zero-order valence-electron chi connectivity index (χ0n) is 6.05. The molecule has 0 aliphatic carbocycles. The van der Waals surface area contributed by atoms with Crippen molar-refractivity contribution < 1.29 is 4.79 Å². The van der Waals surface area contributed by atoms with Crippen LogP contribution in [0.25, 0.3) is 0 Å². The summed E-state index contributed by atoms with van der Waals surface area (Å²) in [4.78, 5) is 10.9. The summed E-state index contributed by atoms with van der Waals surface area (Å²) >= 11 is 0. The number of hydrogen-bond acceptors (Lipinski definition) is 2. The van der Waals surface area contributed by atoms with E-state index in [0.717, 1.165) is 26.1 Å². The Bertz CT molecular complexity index is 152. The second-order valence-corrected chi connectivity index (χ2v) is 2.93. The first-order valence-electron chi connectivity index (χ1n) is 3.93. The minimum absolute atomic E-state index is 0.307. The van der Waals surface area contributed by atoms with E-state index in [2.05, 4.69) is 5.01 Å². The van der Waals surface area contributed by atoms with Crippen molar-refractivity contribution >= 4 is 5.91 Å². The molecular formula is C7H12N2O. The lowest BCUT2D eigenvalue weighted by atomic mass is 10.2. The lowest BCUT2D eigenvalue weighted by Crippen LogP contribution is -2.53. The largest absolute Gasteiger partial charge is 0.275 e. The number of hydrazine groups is 1. The standard InChI is InChI=1S/C7H12N2O/c10-7-3-6-9(7)8-4-1-2-5-8/h1-6H2. The van der Waals surface area contributed by atoms with E-state index in [1.165, 1.54) is 12.8 Å². The van der Waals surface area contributed by atoms with Gasteiger partial charge in [-0.15, -0.1) is 0 Å². The van der Waals surface area contributed by atoms with E-state index in [-0.39, 0.29) is 0 Å². The highest BCUT2D eigenvalue weighted by molar-refractivity contribution is 5.81. The zero-order valence-corrected chi connectivity index (χ0v) is 6.05. The molecule has 0 unspecified atom stereocenters. The van der Waals surface area contributed by atoms with Crippen LogP contribution in [0.2, 0.25) is 0 Å². The van der Waals surface area contributed by atoms with Crippen LogP contribution in [0.15, 0.2) is 0 Å². The van der Waals surface area contributed by atoms with Crippen LogP contribution in [0.5, 0.6) is 0 Å². The summed E-state index contributed by atoms with van der Waals surface area (Å²) in [6.45, 7) is 3.14. The monoisotopic (exact) mass is 140 g/mol. The Morgan fingerprint density at radius 3 is 2.20 bits per heavy atom. The molecule has 0 radical (unpaired) electrons. The fourth-order valence-electron chi connectivity index (χ4n) is 1.54. The molecule has 0 aromatic rings. The van der Waals surface area contributed by atoms with Gasteiger partial charge in [-0.3, -0.25) is 9.80 Å². The van der Waals surface area contributed by atoms with Crippen LogP contribution >= 0.6 is 0 Å². The third-order valence-electron chi connectivity index (χ3n) is 2.25. The predicted octanol–water partition coefficient (Wildman–Crippen LogP) is 0.229. The lowest BCUT2D eigenvalue weighted by Gasteiger charge is -2.38. The fourth-order valence-corrected chi connectivity index (χ4v) is 1.54. The average Bonchev–Trinajstić information content (AvgIpc) is 2.37. The number of nitrogens with zero attached hydrogens (tertiary/aromatic N) is 2. The quantitative estimate of drug-likeness (QED) is 0.487. The molecule has 2 aliphatic rings. The summed E-state index contributed by atoms with van der Waals surface area (Å²) in [6, 6.07) is 0. The molecule has 0 bridgehead atoms. The van der Waals surface area contributed by atoms with Gasteiger partial charge in [0.05, 0.1) is 0 Å². The molecule has 2 fully saturated rings. The second kappa shape index (κ2) is 2.23. The number of carbonyl (C=O) groups excluding carboxylic acids is 1. The molecule has 2 rings (SSSR count). The highest BCUT2D eigenvalue weighted by Gasteiger charge is 2.30. The van der Waals surface area contributed by atoms with Crippen LogP contribution in [0.1, 0.15) is 19.3 Å². The molecular weight excluding hydrogens is 128 g/mol. The van der Waals surface area contributed by atoms with Crippen molar-refractivity contribution in [2.75, 3.05) is 19.6 Å². The van der Waals surface area contributed by atoms with Crippen molar-refractivity contribution in [1.82, 2.24) is 10.0 Å². The Hall–Kier alpha value is -0.570. The summed E-state index contributed by atoms with van der Waals surface area (Å²) in [7, 11) is 0. The van der Waals surface area contributed by atoms with Gasteiger partial charge < -0.3 is 0 Å². The molecule has 3 heteroatoms. The molecule has 0 aromatic carbocycles. The van der Waals surface area contributed by atoms with Gasteiger partial charge in [0.2, 0.25) is 5.91 Å². The summed E-state index contributed by atoms with van der Waals surface area (Å²) in [6.07, 6.45) is 3.27. The molecule has 1 amide bonds. The van der Waals surface area contributed by atoms with Gasteiger partial charge >= 0.3 is 0 Å². The van der Waals surface area contributed by atoms with Gasteiger partial charge in [0, 0.05) is 26.1 Å². The summed E-state index contributed by atoms with van der Waals surface area (Å²) in [5.41, 5.74) is 0. The maximum atomic E-state index is 10.9. The molecule has 2 saturated heterocycles. The molecule has 0 atom stereocenters. The smallest absolute Gasteiger partial charge is 0.238 e. The van der Waals surface area contributed by atoms with Gasteiger partial charge in [-0.2, -0.15) is 0 Å². The van der Waals surface area contributed by atoms with Gasteiger partial charge in [0.15, 0.2) is 0 Å². The van der Waals surface area contributed by atoms with Crippen LogP contribution in [0.4, 0.5) is 0 Å². The zero-order chi connectivity index (χ0) is 6.97. The highest BCUT2D eigenvalue weighted by atomic mass is 16.2. The van der Waals surface area contributed by atoms with Crippen LogP contribution in [-0.2, 0) is 4.79 Å². The lowest BCUT2D eigenvalue weighted by molar-refractivity contribution is -0.161. The maximum Gasteiger partial charge on any atom is 0.238 e. The Balaban J connectivity index is 1.92. The number of hydrogen-bond donors (Lipinski definition) is 0. The first-order chi connectivity index (χ1) is 4.88. The normalized spacial score (nSPS) is 27.2. The van der Waals surface area contributed by atoms with Gasteiger partial charge in [0.25, 0.3) is 0 Å². The van der Waals surface area contributed by atoms with Crippen LogP contribution in [-0.4, -0.2) is 35.6 Å². The number of carbonyl (C=O) groups is 1. The first-order valence-corrected chi connectivity index (χ1v) is 3.93. The van der Waals surface area contributed by atoms with Crippen LogP contribution < -0.4 is 0 Å². The van der Waals surface area contributed by atoms with Crippen molar-refractivity contribution in [2.45, 2.75) is 19.3 Å². The predicted molar refractivity (Wildman–Crippen MR) is 37.1 cm³/mol. The highest BCUT2D eigenvalue weighted by Crippen LogP contribution is 2.17. The van der Waals surface area contributed by atoms with Gasteiger partial charge in [-0.05, 0) is 12.8 Å². The topological polar surface area (TPSA) is 23.6 Å². The van der Waals surface area contributed by atoms with E-state index in [4.69, 9.17) is 0 Å². The Kier molecular flexibility index (Phi) is 1.38. The number of β-lactam (4-membered cyclic amide) rings is 1. The van der Waals surface area contributed by atoms with Crippen molar-refractivity contribution in [3.05, 3.63) is 0 Å². The van der Waals surface area contributed by atoms with Crippen LogP contribution in [0.3, 0.4) is 0 Å². The second-order valence-electron chi connectivity index (χ2n) is 2.93. The summed E-state index contributed by atoms with van der Waals surface area (Å²) in [5.74, 6) is 0.307. The summed E-state index contributed by atoms with van der Waals surface area (Å²) in [5, 5.41) is 4.05. The van der Waals surface area contributed by atoms with Crippen molar-refractivity contribution in [1.29, 1.82) is 0 Å². The van der Waals surface area contributed by atoms with Gasteiger partial charge in [-0.25, -0.2) is 5.01 Å². The summed E-state index contributed by atoms with van der Waals surface area (Å²) < 4.78 is 0. The molecule has 0 aromatic heterocycles. The van der Waals surface area contributed by atoms with Crippen LogP contribution in [0, 0.1) is 0 Å². The maximum absolute atomic E-state index is 10.9. The molecule has 2 heterocycles. The Labute approximate surface area is 60.6 Å². The third kappa shape index (κ3) is 0.814. The van der Waals surface area contributed by atoms with E-state index in [1.807, 2.05) is 5.01 Å². The number of rotatable bonds is 1. The van der Waals surface area contributed by atoms with E-state index >= 15 is 0 Å².